The number of methoxy groups -OCH3 is 1. The highest BCUT2D eigenvalue weighted by atomic mass is 32.2. The molecule has 1 amide bonds. The predicted molar refractivity (Wildman–Crippen MR) is 87.7 cm³/mol. The Kier molecular flexibility index (Phi) is 5.82. The van der Waals surface area contributed by atoms with Gasteiger partial charge in [0.1, 0.15) is 5.75 Å². The van der Waals surface area contributed by atoms with E-state index < -0.39 is 10.0 Å². The summed E-state index contributed by atoms with van der Waals surface area (Å²) in [6, 6.07) is 6.82. The fourth-order valence-corrected chi connectivity index (χ4v) is 2.92. The van der Waals surface area contributed by atoms with Gasteiger partial charge in [-0.2, -0.15) is 0 Å². The first-order valence-corrected chi connectivity index (χ1v) is 8.81. The molecule has 22 heavy (non-hydrogen) atoms. The van der Waals surface area contributed by atoms with E-state index in [9.17, 15) is 13.2 Å². The summed E-state index contributed by atoms with van der Waals surface area (Å²) < 4.78 is 30.5. The van der Waals surface area contributed by atoms with Gasteiger partial charge in [0.2, 0.25) is 15.9 Å². The summed E-state index contributed by atoms with van der Waals surface area (Å²) in [4.78, 5) is 11.9. The Hall–Kier alpha value is -1.76. The van der Waals surface area contributed by atoms with Gasteiger partial charge in [-0.3, -0.25) is 9.10 Å². The van der Waals surface area contributed by atoms with Crippen LogP contribution in [0.2, 0.25) is 0 Å². The van der Waals surface area contributed by atoms with Crippen LogP contribution in [0, 0.1) is 0 Å². The van der Waals surface area contributed by atoms with Crippen LogP contribution in [-0.2, 0) is 14.8 Å². The molecular weight excluding hydrogens is 304 g/mol. The van der Waals surface area contributed by atoms with Gasteiger partial charge in [-0.15, -0.1) is 0 Å². The summed E-state index contributed by atoms with van der Waals surface area (Å²) in [7, 11) is -2.04. The van der Waals surface area contributed by atoms with Gasteiger partial charge in [-0.25, -0.2) is 8.42 Å². The third kappa shape index (κ3) is 5.55. The molecule has 0 heterocycles. The number of rotatable bonds is 6. The number of benzene rings is 1. The zero-order valence-corrected chi connectivity index (χ0v) is 14.5. The average molecular weight is 328 g/mol. The van der Waals surface area contributed by atoms with Crippen molar-refractivity contribution >= 4 is 21.6 Å². The number of para-hydroxylation sites is 2. The summed E-state index contributed by atoms with van der Waals surface area (Å²) in [5.74, 6) is 0.250. The molecule has 0 aliphatic carbocycles. The molecule has 0 bridgehead atoms. The van der Waals surface area contributed by atoms with Crippen LogP contribution in [-0.4, -0.2) is 39.8 Å². The molecule has 1 aromatic carbocycles. The number of amides is 1. The second kappa shape index (κ2) is 7.00. The van der Waals surface area contributed by atoms with Crippen molar-refractivity contribution in [3.8, 4) is 5.75 Å². The highest BCUT2D eigenvalue weighted by Crippen LogP contribution is 2.29. The van der Waals surface area contributed by atoms with Crippen LogP contribution in [0.25, 0.3) is 0 Å². The molecule has 0 aliphatic rings. The molecule has 0 aliphatic heterocycles. The first-order valence-electron chi connectivity index (χ1n) is 6.96. The van der Waals surface area contributed by atoms with Crippen molar-refractivity contribution < 1.29 is 17.9 Å². The van der Waals surface area contributed by atoms with Crippen molar-refractivity contribution in [1.29, 1.82) is 0 Å². The lowest BCUT2D eigenvalue weighted by molar-refractivity contribution is -0.122. The highest BCUT2D eigenvalue weighted by Gasteiger charge is 2.22. The minimum atomic E-state index is -3.52. The Bertz CT molecular complexity index is 621. The number of carbonyl (C=O) groups excluding carboxylic acids is 1. The van der Waals surface area contributed by atoms with Crippen LogP contribution < -0.4 is 14.4 Å². The zero-order chi connectivity index (χ0) is 17.0. The van der Waals surface area contributed by atoms with Crippen LogP contribution >= 0.6 is 0 Å². The Labute approximate surface area is 132 Å². The lowest BCUT2D eigenvalue weighted by Crippen LogP contribution is -2.42. The van der Waals surface area contributed by atoms with Gasteiger partial charge in [0.05, 0.1) is 19.1 Å². The molecule has 0 unspecified atom stereocenters. The smallest absolute Gasteiger partial charge is 0.232 e. The first-order chi connectivity index (χ1) is 10.0. The van der Waals surface area contributed by atoms with Gasteiger partial charge in [0.25, 0.3) is 0 Å². The largest absolute Gasteiger partial charge is 0.495 e. The van der Waals surface area contributed by atoms with E-state index in [1.165, 1.54) is 11.4 Å². The SMILES string of the molecule is COc1ccccc1N(CCC(=O)NC(C)(C)C)S(C)(=O)=O. The van der Waals surface area contributed by atoms with E-state index in [0.29, 0.717) is 11.4 Å². The minimum absolute atomic E-state index is 0.0567. The third-order valence-corrected chi connectivity index (χ3v) is 3.99. The minimum Gasteiger partial charge on any atom is -0.495 e. The van der Waals surface area contributed by atoms with Gasteiger partial charge in [0, 0.05) is 18.5 Å². The molecular formula is C15H24N2O4S. The monoisotopic (exact) mass is 328 g/mol. The lowest BCUT2D eigenvalue weighted by atomic mass is 10.1. The van der Waals surface area contributed by atoms with Crippen LogP contribution in [0.3, 0.4) is 0 Å². The second-order valence-corrected chi connectivity index (χ2v) is 7.96. The van der Waals surface area contributed by atoms with Crippen molar-refractivity contribution in [3.05, 3.63) is 24.3 Å². The highest BCUT2D eigenvalue weighted by molar-refractivity contribution is 7.92. The van der Waals surface area contributed by atoms with Gasteiger partial charge < -0.3 is 10.1 Å². The van der Waals surface area contributed by atoms with E-state index in [1.807, 2.05) is 20.8 Å². The molecule has 1 aromatic rings. The topological polar surface area (TPSA) is 75.7 Å². The van der Waals surface area contributed by atoms with Crippen molar-refractivity contribution in [2.24, 2.45) is 0 Å². The Morgan fingerprint density at radius 2 is 1.86 bits per heavy atom. The van der Waals surface area contributed by atoms with Gasteiger partial charge in [-0.05, 0) is 32.9 Å². The zero-order valence-electron chi connectivity index (χ0n) is 13.7. The fraction of sp³-hybridized carbons (Fsp3) is 0.533. The number of nitrogens with zero attached hydrogens (tertiary/aromatic N) is 1. The quantitative estimate of drug-likeness (QED) is 0.863. The standard InChI is InChI=1S/C15H24N2O4S/c1-15(2,3)16-14(18)10-11-17(22(5,19)20)12-8-6-7-9-13(12)21-4/h6-9H,10-11H2,1-5H3,(H,16,18). The Balaban J connectivity index is 2.95. The van der Waals surface area contributed by atoms with E-state index in [1.54, 1.807) is 24.3 Å². The average Bonchev–Trinajstić information content (AvgIpc) is 2.35. The number of hydrogen-bond acceptors (Lipinski definition) is 4. The van der Waals surface area contributed by atoms with Gasteiger partial charge in [-0.1, -0.05) is 12.1 Å². The third-order valence-electron chi connectivity index (χ3n) is 2.81. The number of hydrogen-bond donors (Lipinski definition) is 1. The molecule has 0 saturated carbocycles. The first kappa shape index (κ1) is 18.3. The van der Waals surface area contributed by atoms with Crippen molar-refractivity contribution in [3.63, 3.8) is 0 Å². The number of anilines is 1. The number of sulfonamides is 1. The fourth-order valence-electron chi connectivity index (χ4n) is 1.98. The van der Waals surface area contributed by atoms with Crippen molar-refractivity contribution in [2.75, 3.05) is 24.2 Å². The number of ether oxygens (including phenoxy) is 1. The van der Waals surface area contributed by atoms with Crippen molar-refractivity contribution in [1.82, 2.24) is 5.32 Å². The van der Waals surface area contributed by atoms with Crippen LogP contribution in [0.4, 0.5) is 5.69 Å². The summed E-state index contributed by atoms with van der Waals surface area (Å²) in [6.07, 6.45) is 1.18. The molecule has 0 aromatic heterocycles. The maximum Gasteiger partial charge on any atom is 0.232 e. The van der Waals surface area contributed by atoms with Crippen LogP contribution in [0.5, 0.6) is 5.75 Å². The van der Waals surface area contributed by atoms with E-state index in [-0.39, 0.29) is 24.4 Å². The Morgan fingerprint density at radius 1 is 1.27 bits per heavy atom. The van der Waals surface area contributed by atoms with E-state index in [0.717, 1.165) is 6.26 Å². The molecule has 1 N–H and O–H groups in total. The normalized spacial score (nSPS) is 11.9. The number of nitrogens with one attached hydrogen (secondary N) is 1. The molecule has 0 saturated heterocycles. The maximum atomic E-state index is 12.0. The van der Waals surface area contributed by atoms with Gasteiger partial charge in [0.15, 0.2) is 0 Å². The molecule has 7 heteroatoms. The molecule has 0 atom stereocenters. The van der Waals surface area contributed by atoms with E-state index >= 15 is 0 Å². The summed E-state index contributed by atoms with van der Waals surface area (Å²) in [5.41, 5.74) is 0.0771. The van der Waals surface area contributed by atoms with Crippen LogP contribution in [0.1, 0.15) is 27.2 Å². The Morgan fingerprint density at radius 3 is 2.36 bits per heavy atom. The molecule has 0 spiro atoms. The van der Waals surface area contributed by atoms with Crippen molar-refractivity contribution in [2.45, 2.75) is 32.7 Å². The maximum absolute atomic E-state index is 12.0. The van der Waals surface area contributed by atoms with Crippen LogP contribution in [0.15, 0.2) is 24.3 Å². The van der Waals surface area contributed by atoms with Gasteiger partial charge >= 0.3 is 0 Å². The predicted octanol–water partition coefficient (Wildman–Crippen LogP) is 1.77. The summed E-state index contributed by atoms with van der Waals surface area (Å²) in [6.45, 7) is 5.68. The summed E-state index contributed by atoms with van der Waals surface area (Å²) in [5, 5.41) is 2.81. The van der Waals surface area contributed by atoms with E-state index in [4.69, 9.17) is 4.74 Å². The summed E-state index contributed by atoms with van der Waals surface area (Å²) >= 11 is 0. The lowest BCUT2D eigenvalue weighted by Gasteiger charge is -2.25. The molecule has 1 rings (SSSR count). The number of carbonyl (C=O) groups is 1. The molecule has 6 nitrogen and oxygen atoms in total. The molecule has 0 fully saturated rings. The van der Waals surface area contributed by atoms with E-state index in [2.05, 4.69) is 5.32 Å². The second-order valence-electron chi connectivity index (χ2n) is 6.06. The molecule has 0 radical (unpaired) electrons. The molecule has 124 valence electrons.